The molecule has 0 fully saturated rings. The summed E-state index contributed by atoms with van der Waals surface area (Å²) in [5.41, 5.74) is -0.884. The van der Waals surface area contributed by atoms with Crippen LogP contribution in [-0.2, 0) is 9.53 Å². The summed E-state index contributed by atoms with van der Waals surface area (Å²) in [6, 6.07) is 1.30. The molecule has 0 atom stereocenters. The van der Waals surface area contributed by atoms with E-state index in [9.17, 15) is 22.4 Å². The average molecular weight is 407 g/mol. The molecule has 0 aliphatic heterocycles. The number of ether oxygens (including phenoxy) is 2. The average Bonchev–Trinajstić information content (AvgIpc) is 2.66. The molecule has 0 saturated heterocycles. The summed E-state index contributed by atoms with van der Waals surface area (Å²) in [5.74, 6) is -7.67. The summed E-state index contributed by atoms with van der Waals surface area (Å²) in [6.07, 6.45) is 5.07. The number of hydrogen-bond donors (Lipinski definition) is 1. The molecule has 0 saturated carbocycles. The minimum absolute atomic E-state index is 0.0932. The van der Waals surface area contributed by atoms with Crippen molar-refractivity contribution < 1.29 is 31.8 Å². The van der Waals surface area contributed by atoms with Crippen molar-refractivity contribution in [3.8, 4) is 18.1 Å². The molecule has 8 heteroatoms. The van der Waals surface area contributed by atoms with Gasteiger partial charge in [-0.25, -0.2) is 18.0 Å². The van der Waals surface area contributed by atoms with E-state index in [1.54, 1.807) is 5.92 Å². The number of esters is 1. The third kappa shape index (κ3) is 5.69. The van der Waals surface area contributed by atoms with Crippen molar-refractivity contribution in [1.82, 2.24) is 0 Å². The van der Waals surface area contributed by atoms with Crippen LogP contribution >= 0.6 is 0 Å². The van der Waals surface area contributed by atoms with Crippen molar-refractivity contribution in [1.29, 1.82) is 5.41 Å². The summed E-state index contributed by atoms with van der Waals surface area (Å²) in [7, 11) is 0. The van der Waals surface area contributed by atoms with Gasteiger partial charge in [0.1, 0.15) is 0 Å². The topological polar surface area (TPSA) is 59.4 Å². The number of rotatable bonds is 6. The first-order valence-electron chi connectivity index (χ1n) is 7.93. The van der Waals surface area contributed by atoms with Gasteiger partial charge >= 0.3 is 5.97 Å². The van der Waals surface area contributed by atoms with E-state index in [1.165, 1.54) is 13.8 Å². The van der Waals surface area contributed by atoms with Gasteiger partial charge in [-0.3, -0.25) is 5.41 Å². The Hall–Kier alpha value is -3.60. The van der Waals surface area contributed by atoms with E-state index in [-0.39, 0.29) is 16.7 Å². The zero-order valence-corrected chi connectivity index (χ0v) is 15.9. The van der Waals surface area contributed by atoms with Crippen molar-refractivity contribution in [2.75, 3.05) is 0 Å². The highest BCUT2D eigenvalue weighted by atomic mass is 19.2. The number of carbonyl (C=O) groups is 1. The fourth-order valence-corrected chi connectivity index (χ4v) is 1.77. The lowest BCUT2D eigenvalue weighted by Gasteiger charge is -2.11. The molecule has 0 unspecified atom stereocenters. The Labute approximate surface area is 165 Å². The number of carbonyl (C=O) groups excluding carboxylic acids is 1. The largest absolute Gasteiger partial charge is 0.427 e. The number of allylic oxidation sites excluding steroid dienone is 4. The van der Waals surface area contributed by atoms with Gasteiger partial charge in [0.2, 0.25) is 23.2 Å². The molecule has 1 N–H and O–H groups in total. The molecular weight excluding hydrogens is 390 g/mol. The standard InChI is InChI=1S/C21H17F4NO3/c1-7-16(28-20(26)10(2)3)18(25)17(24)12(6)13-8-14(22)19(15(23)9-13)29-21(27)11(4)5/h1,8-9,26H,2,4H2,3,5-6H3. The normalized spacial score (nSPS) is 12.2. The number of benzene rings is 1. The molecule has 0 heterocycles. The van der Waals surface area contributed by atoms with E-state index in [4.69, 9.17) is 16.6 Å². The molecule has 1 rings (SSSR count). The van der Waals surface area contributed by atoms with Gasteiger partial charge in [-0.2, -0.15) is 4.39 Å². The lowest BCUT2D eigenvalue weighted by molar-refractivity contribution is -0.130. The van der Waals surface area contributed by atoms with E-state index < -0.39 is 52.2 Å². The lowest BCUT2D eigenvalue weighted by atomic mass is 10.0. The molecule has 1 aromatic rings. The van der Waals surface area contributed by atoms with Crippen LogP contribution in [-0.4, -0.2) is 11.9 Å². The Balaban J connectivity index is 3.40. The molecule has 1 aromatic carbocycles. The number of nitrogens with one attached hydrogen (secondary N) is 1. The monoisotopic (exact) mass is 407 g/mol. The number of terminal acetylenes is 1. The fraction of sp³-hybridized carbons (Fsp3) is 0.143. The quantitative estimate of drug-likeness (QED) is 0.0776. The molecule has 4 nitrogen and oxygen atoms in total. The summed E-state index contributed by atoms with van der Waals surface area (Å²) in [4.78, 5) is 11.4. The van der Waals surface area contributed by atoms with E-state index >= 15 is 0 Å². The van der Waals surface area contributed by atoms with Crippen LogP contribution in [0, 0.1) is 29.4 Å². The lowest BCUT2D eigenvalue weighted by Crippen LogP contribution is -2.11. The number of hydrogen-bond acceptors (Lipinski definition) is 4. The molecule has 0 amide bonds. The number of halogens is 4. The van der Waals surface area contributed by atoms with Crippen LogP contribution in [0.15, 0.2) is 53.8 Å². The fourth-order valence-electron chi connectivity index (χ4n) is 1.77. The SMILES string of the molecule is C#CC(OC(=N)C(=C)C)=C(F)C(F)=C(C)c1cc(F)c(OC(=O)C(=C)C)c(F)c1. The molecule has 29 heavy (non-hydrogen) atoms. The van der Waals surface area contributed by atoms with Crippen molar-refractivity contribution in [2.45, 2.75) is 20.8 Å². The van der Waals surface area contributed by atoms with Crippen molar-refractivity contribution >= 4 is 17.4 Å². The summed E-state index contributed by atoms with van der Waals surface area (Å²) < 4.78 is 66.4. The van der Waals surface area contributed by atoms with Gasteiger partial charge in [0, 0.05) is 11.1 Å². The Morgan fingerprint density at radius 3 is 2.00 bits per heavy atom. The molecular formula is C21H17F4NO3. The van der Waals surface area contributed by atoms with Gasteiger partial charge in [-0.15, -0.1) is 6.42 Å². The van der Waals surface area contributed by atoms with Gasteiger partial charge in [0.15, 0.2) is 17.5 Å². The Morgan fingerprint density at radius 1 is 1.07 bits per heavy atom. The van der Waals surface area contributed by atoms with Crippen LogP contribution in [0.5, 0.6) is 5.75 Å². The molecule has 0 aliphatic carbocycles. The van der Waals surface area contributed by atoms with Crippen LogP contribution in [0.25, 0.3) is 5.57 Å². The van der Waals surface area contributed by atoms with Crippen molar-refractivity contribution in [3.05, 3.63) is 71.0 Å². The van der Waals surface area contributed by atoms with Gasteiger partial charge < -0.3 is 9.47 Å². The molecule has 0 spiro atoms. The zero-order chi connectivity index (χ0) is 22.5. The third-order valence-electron chi connectivity index (χ3n) is 3.42. The van der Waals surface area contributed by atoms with Crippen LogP contribution < -0.4 is 4.74 Å². The summed E-state index contributed by atoms with van der Waals surface area (Å²) in [6.45, 7) is 10.4. The predicted molar refractivity (Wildman–Crippen MR) is 101 cm³/mol. The first kappa shape index (κ1) is 23.4. The smallest absolute Gasteiger partial charge is 0.338 e. The van der Waals surface area contributed by atoms with Crippen molar-refractivity contribution in [3.63, 3.8) is 0 Å². The van der Waals surface area contributed by atoms with Gasteiger partial charge in [0.25, 0.3) is 0 Å². The third-order valence-corrected chi connectivity index (χ3v) is 3.42. The van der Waals surface area contributed by atoms with Gasteiger partial charge in [-0.1, -0.05) is 13.2 Å². The highest BCUT2D eigenvalue weighted by Gasteiger charge is 2.21. The molecule has 0 radical (unpaired) electrons. The molecule has 0 bridgehead atoms. The second-order valence-corrected chi connectivity index (χ2v) is 5.88. The summed E-state index contributed by atoms with van der Waals surface area (Å²) >= 11 is 0. The van der Waals surface area contributed by atoms with Crippen LogP contribution in [0.3, 0.4) is 0 Å². The first-order valence-corrected chi connectivity index (χ1v) is 7.93. The predicted octanol–water partition coefficient (Wildman–Crippen LogP) is 5.53. The minimum atomic E-state index is -1.64. The summed E-state index contributed by atoms with van der Waals surface area (Å²) in [5, 5.41) is 7.45. The Kier molecular flexibility index (Phi) is 7.72. The zero-order valence-electron chi connectivity index (χ0n) is 15.9. The Bertz CT molecular complexity index is 990. The van der Waals surface area contributed by atoms with Crippen LogP contribution in [0.1, 0.15) is 26.3 Å². The molecule has 0 aliphatic rings. The first-order chi connectivity index (χ1) is 13.4. The van der Waals surface area contributed by atoms with Crippen LogP contribution in [0.4, 0.5) is 17.6 Å². The minimum Gasteiger partial charge on any atom is -0.427 e. The van der Waals surface area contributed by atoms with E-state index in [0.717, 1.165) is 6.92 Å². The highest BCUT2D eigenvalue weighted by molar-refractivity contribution is 5.90. The maximum absolute atomic E-state index is 14.5. The second kappa shape index (κ2) is 9.55. The second-order valence-electron chi connectivity index (χ2n) is 5.88. The highest BCUT2D eigenvalue weighted by Crippen LogP contribution is 2.32. The maximum Gasteiger partial charge on any atom is 0.338 e. The Morgan fingerprint density at radius 2 is 1.59 bits per heavy atom. The van der Waals surface area contributed by atoms with E-state index in [1.807, 2.05) is 0 Å². The molecule has 152 valence electrons. The van der Waals surface area contributed by atoms with Crippen molar-refractivity contribution in [2.24, 2.45) is 0 Å². The molecule has 0 aromatic heterocycles. The van der Waals surface area contributed by atoms with E-state index in [2.05, 4.69) is 17.9 Å². The van der Waals surface area contributed by atoms with E-state index in [0.29, 0.717) is 12.1 Å². The maximum atomic E-state index is 14.5. The van der Waals surface area contributed by atoms with Gasteiger partial charge in [0.05, 0.1) is 0 Å². The van der Waals surface area contributed by atoms with Crippen LogP contribution in [0.2, 0.25) is 0 Å². The van der Waals surface area contributed by atoms with Gasteiger partial charge in [-0.05, 0) is 50.0 Å².